The summed E-state index contributed by atoms with van der Waals surface area (Å²) in [4.78, 5) is 11.9. The molecule has 17 heavy (non-hydrogen) atoms. The maximum atomic E-state index is 11.9. The van der Waals surface area contributed by atoms with Gasteiger partial charge in [0.2, 0.25) is 0 Å². The van der Waals surface area contributed by atoms with Gasteiger partial charge < -0.3 is 4.74 Å². The number of hydrogen-bond donors (Lipinski definition) is 0. The second-order valence-electron chi connectivity index (χ2n) is 4.80. The molecule has 0 bridgehead atoms. The summed E-state index contributed by atoms with van der Waals surface area (Å²) in [5, 5.41) is 0. The van der Waals surface area contributed by atoms with Gasteiger partial charge in [-0.25, -0.2) is 0 Å². The molecule has 2 nitrogen and oxygen atoms in total. The lowest BCUT2D eigenvalue weighted by Crippen LogP contribution is -2.19. The quantitative estimate of drug-likeness (QED) is 0.742. The Morgan fingerprint density at radius 1 is 1.18 bits per heavy atom. The van der Waals surface area contributed by atoms with Crippen LogP contribution >= 0.6 is 0 Å². The summed E-state index contributed by atoms with van der Waals surface area (Å²) in [6, 6.07) is 6.21. The van der Waals surface area contributed by atoms with Crippen LogP contribution in [0.1, 0.15) is 49.8 Å². The highest BCUT2D eigenvalue weighted by Gasteiger charge is 2.19. The molecule has 0 aliphatic heterocycles. The third-order valence-electron chi connectivity index (χ3n) is 2.99. The minimum atomic E-state index is -0.192. The topological polar surface area (TPSA) is 26.3 Å². The van der Waals surface area contributed by atoms with E-state index in [1.807, 2.05) is 34.6 Å². The molecule has 0 saturated carbocycles. The van der Waals surface area contributed by atoms with Gasteiger partial charge in [-0.3, -0.25) is 4.79 Å². The van der Waals surface area contributed by atoms with Gasteiger partial charge in [-0.1, -0.05) is 36.2 Å². The zero-order valence-electron chi connectivity index (χ0n) is 11.4. The van der Waals surface area contributed by atoms with Crippen LogP contribution in [0.3, 0.4) is 0 Å². The lowest BCUT2D eigenvalue weighted by atomic mass is 9.97. The van der Waals surface area contributed by atoms with Gasteiger partial charge in [0.25, 0.3) is 0 Å². The van der Waals surface area contributed by atoms with Crippen LogP contribution < -0.4 is 0 Å². The maximum Gasteiger partial charge on any atom is 0.313 e. The molecule has 0 N–H and O–H groups in total. The highest BCUT2D eigenvalue weighted by atomic mass is 16.5. The summed E-state index contributed by atoms with van der Waals surface area (Å²) in [7, 11) is 0. The molecule has 0 radical (unpaired) electrons. The molecular weight excluding hydrogens is 212 g/mol. The molecule has 0 aromatic heterocycles. The SMILES string of the molecule is CCC(C)OC(=O)C(C)c1cc(C)cc(C)c1. The average molecular weight is 234 g/mol. The Morgan fingerprint density at radius 3 is 2.18 bits per heavy atom. The monoisotopic (exact) mass is 234 g/mol. The molecule has 2 heteroatoms. The van der Waals surface area contributed by atoms with E-state index in [2.05, 4.69) is 18.2 Å². The van der Waals surface area contributed by atoms with Gasteiger partial charge in [0.1, 0.15) is 0 Å². The molecule has 2 atom stereocenters. The Hall–Kier alpha value is -1.31. The molecule has 0 heterocycles. The molecule has 1 aromatic rings. The number of hydrogen-bond acceptors (Lipinski definition) is 2. The molecule has 0 fully saturated rings. The minimum absolute atomic E-state index is 0.00384. The van der Waals surface area contributed by atoms with Crippen LogP contribution in [0.4, 0.5) is 0 Å². The highest BCUT2D eigenvalue weighted by Crippen LogP contribution is 2.20. The van der Waals surface area contributed by atoms with E-state index >= 15 is 0 Å². The van der Waals surface area contributed by atoms with Crippen LogP contribution in [0.15, 0.2) is 18.2 Å². The predicted molar refractivity (Wildman–Crippen MR) is 70.2 cm³/mol. The third-order valence-corrected chi connectivity index (χ3v) is 2.99. The Morgan fingerprint density at radius 2 is 1.71 bits per heavy atom. The molecule has 1 aromatic carbocycles. The van der Waals surface area contributed by atoms with Crippen LogP contribution in [-0.4, -0.2) is 12.1 Å². The summed E-state index contributed by atoms with van der Waals surface area (Å²) in [5.74, 6) is -0.327. The fraction of sp³-hybridized carbons (Fsp3) is 0.533. The largest absolute Gasteiger partial charge is 0.462 e. The molecule has 0 aliphatic carbocycles. The Kier molecular flexibility index (Phi) is 4.73. The summed E-state index contributed by atoms with van der Waals surface area (Å²) in [5.41, 5.74) is 3.40. The zero-order chi connectivity index (χ0) is 13.0. The summed E-state index contributed by atoms with van der Waals surface area (Å²) in [6.45, 7) is 9.93. The van der Waals surface area contributed by atoms with Gasteiger partial charge in [0.15, 0.2) is 0 Å². The van der Waals surface area contributed by atoms with Crippen molar-refractivity contribution in [2.75, 3.05) is 0 Å². The number of esters is 1. The van der Waals surface area contributed by atoms with Crippen LogP contribution in [0.2, 0.25) is 0 Å². The Balaban J connectivity index is 2.81. The second-order valence-corrected chi connectivity index (χ2v) is 4.80. The standard InChI is InChI=1S/C15H22O2/c1-6-12(4)17-15(16)13(5)14-8-10(2)7-11(3)9-14/h7-9,12-13H,6H2,1-5H3. The minimum Gasteiger partial charge on any atom is -0.462 e. The first kappa shape index (κ1) is 13.8. The van der Waals surface area contributed by atoms with E-state index in [1.54, 1.807) is 0 Å². The maximum absolute atomic E-state index is 11.9. The first-order valence-corrected chi connectivity index (χ1v) is 6.22. The Labute approximate surface area is 104 Å². The van der Waals surface area contributed by atoms with Crippen molar-refractivity contribution in [1.82, 2.24) is 0 Å². The van der Waals surface area contributed by atoms with Crippen molar-refractivity contribution >= 4 is 5.97 Å². The predicted octanol–water partition coefficient (Wildman–Crippen LogP) is 3.75. The van der Waals surface area contributed by atoms with Crippen LogP contribution in [0.25, 0.3) is 0 Å². The van der Waals surface area contributed by atoms with Crippen LogP contribution in [0.5, 0.6) is 0 Å². The summed E-state index contributed by atoms with van der Waals surface area (Å²) < 4.78 is 5.36. The van der Waals surface area contributed by atoms with Crippen molar-refractivity contribution in [2.45, 2.75) is 53.1 Å². The second kappa shape index (κ2) is 5.85. The van der Waals surface area contributed by atoms with Crippen LogP contribution in [0, 0.1) is 13.8 Å². The van der Waals surface area contributed by atoms with Gasteiger partial charge in [0.05, 0.1) is 12.0 Å². The van der Waals surface area contributed by atoms with E-state index in [0.29, 0.717) is 0 Å². The van der Waals surface area contributed by atoms with Crippen molar-refractivity contribution in [1.29, 1.82) is 0 Å². The number of ether oxygens (including phenoxy) is 1. The van der Waals surface area contributed by atoms with Crippen molar-refractivity contribution in [2.24, 2.45) is 0 Å². The van der Waals surface area contributed by atoms with E-state index in [4.69, 9.17) is 4.74 Å². The van der Waals surface area contributed by atoms with Crippen molar-refractivity contribution in [3.8, 4) is 0 Å². The summed E-state index contributed by atoms with van der Waals surface area (Å²) >= 11 is 0. The highest BCUT2D eigenvalue weighted by molar-refractivity contribution is 5.78. The van der Waals surface area contributed by atoms with E-state index < -0.39 is 0 Å². The van der Waals surface area contributed by atoms with Crippen molar-refractivity contribution < 1.29 is 9.53 Å². The lowest BCUT2D eigenvalue weighted by Gasteiger charge is -2.16. The van der Waals surface area contributed by atoms with Crippen molar-refractivity contribution in [3.63, 3.8) is 0 Å². The van der Waals surface area contributed by atoms with E-state index in [-0.39, 0.29) is 18.0 Å². The third kappa shape index (κ3) is 3.88. The summed E-state index contributed by atoms with van der Waals surface area (Å²) in [6.07, 6.45) is 0.849. The fourth-order valence-electron chi connectivity index (χ4n) is 1.78. The van der Waals surface area contributed by atoms with Gasteiger partial charge in [-0.2, -0.15) is 0 Å². The molecule has 1 rings (SSSR count). The smallest absolute Gasteiger partial charge is 0.313 e. The van der Waals surface area contributed by atoms with Gasteiger partial charge >= 0.3 is 5.97 Å². The molecule has 0 saturated heterocycles. The molecular formula is C15H22O2. The number of rotatable bonds is 4. The van der Waals surface area contributed by atoms with E-state index in [1.165, 1.54) is 11.1 Å². The van der Waals surface area contributed by atoms with Gasteiger partial charge in [0, 0.05) is 0 Å². The van der Waals surface area contributed by atoms with Crippen molar-refractivity contribution in [3.05, 3.63) is 34.9 Å². The van der Waals surface area contributed by atoms with E-state index in [0.717, 1.165) is 12.0 Å². The fourth-order valence-corrected chi connectivity index (χ4v) is 1.78. The first-order chi connectivity index (χ1) is 7.93. The van der Waals surface area contributed by atoms with Gasteiger partial charge in [-0.05, 0) is 39.7 Å². The molecule has 0 aliphatic rings. The normalized spacial score (nSPS) is 14.2. The molecule has 0 amide bonds. The van der Waals surface area contributed by atoms with Gasteiger partial charge in [-0.15, -0.1) is 0 Å². The lowest BCUT2D eigenvalue weighted by molar-refractivity contribution is -0.149. The molecule has 0 spiro atoms. The number of carbonyl (C=O) groups is 1. The number of aryl methyl sites for hydroxylation is 2. The average Bonchev–Trinajstić information content (AvgIpc) is 2.26. The zero-order valence-corrected chi connectivity index (χ0v) is 11.4. The Bertz CT molecular complexity index is 376. The number of benzene rings is 1. The first-order valence-electron chi connectivity index (χ1n) is 6.22. The molecule has 94 valence electrons. The van der Waals surface area contributed by atoms with Crippen LogP contribution in [-0.2, 0) is 9.53 Å². The van der Waals surface area contributed by atoms with E-state index in [9.17, 15) is 4.79 Å². The number of carbonyl (C=O) groups excluding carboxylic acids is 1. The molecule has 2 unspecified atom stereocenters.